The summed E-state index contributed by atoms with van der Waals surface area (Å²) in [6.07, 6.45) is -5.70. The summed E-state index contributed by atoms with van der Waals surface area (Å²) in [6.45, 7) is 3.13. The molecule has 220 valence electrons. The zero-order valence-electron chi connectivity index (χ0n) is 21.4. The topological polar surface area (TPSA) is 145 Å². The lowest BCUT2D eigenvalue weighted by atomic mass is 9.96. The Morgan fingerprint density at radius 3 is 2.39 bits per heavy atom. The van der Waals surface area contributed by atoms with Gasteiger partial charge in [0.15, 0.2) is 17.9 Å². The Morgan fingerprint density at radius 2 is 1.80 bits per heavy atom. The number of carbonyl (C=O) groups excluding carboxylic acids is 3. The molecule has 3 aromatic rings. The number of thioether (sulfide) groups is 1. The fourth-order valence-electron chi connectivity index (χ4n) is 3.99. The van der Waals surface area contributed by atoms with E-state index in [1.807, 2.05) is 0 Å². The first-order valence-corrected chi connectivity index (χ1v) is 14.3. The van der Waals surface area contributed by atoms with Gasteiger partial charge < -0.3 is 18.9 Å². The van der Waals surface area contributed by atoms with Gasteiger partial charge in [0.2, 0.25) is 0 Å². The standard InChI is InChI=1S/C23H21BrF3N5O7S2/c1-10(33)36-7-17-19(37-11(2)34)18(32-6-15(30-31-32)16-8-40-9-29-16)20(38-12(3)35)22(39-17)41-13-4-14(24)21(28-5-13)23(25,26)27/h4-6,8-9,17-20,22H,7H2,1-3H3/t17?,18-,19-,20?,22+/m0/s1. The van der Waals surface area contributed by atoms with Crippen molar-refractivity contribution in [2.75, 3.05) is 6.61 Å². The monoisotopic (exact) mass is 679 g/mol. The molecular weight excluding hydrogens is 659 g/mol. The van der Waals surface area contributed by atoms with Crippen molar-refractivity contribution in [2.24, 2.45) is 0 Å². The zero-order chi connectivity index (χ0) is 29.9. The number of thiazole rings is 1. The summed E-state index contributed by atoms with van der Waals surface area (Å²) in [5.41, 5.74) is 0.251. The highest BCUT2D eigenvalue weighted by Gasteiger charge is 2.52. The Kier molecular flexibility index (Phi) is 9.66. The van der Waals surface area contributed by atoms with Gasteiger partial charge in [-0.1, -0.05) is 17.0 Å². The van der Waals surface area contributed by atoms with E-state index in [1.165, 1.54) is 35.2 Å². The lowest BCUT2D eigenvalue weighted by Crippen LogP contribution is -2.57. The van der Waals surface area contributed by atoms with Crippen LogP contribution in [-0.2, 0) is 39.5 Å². The highest BCUT2D eigenvalue weighted by atomic mass is 79.9. The van der Waals surface area contributed by atoms with E-state index in [2.05, 4.69) is 36.2 Å². The van der Waals surface area contributed by atoms with E-state index in [-0.39, 0.29) is 16.0 Å². The number of hydrogen-bond acceptors (Lipinski definition) is 13. The molecule has 18 heteroatoms. The van der Waals surface area contributed by atoms with Crippen LogP contribution in [0.15, 0.2) is 38.7 Å². The van der Waals surface area contributed by atoms with E-state index in [0.717, 1.165) is 31.8 Å². The Hall–Kier alpha value is -3.09. The fraction of sp³-hybridized carbons (Fsp3) is 0.435. The third kappa shape index (κ3) is 7.60. The number of carbonyl (C=O) groups is 3. The van der Waals surface area contributed by atoms with Crippen molar-refractivity contribution in [2.45, 2.75) is 61.6 Å². The molecule has 0 bridgehead atoms. The van der Waals surface area contributed by atoms with Crippen LogP contribution in [0.2, 0.25) is 0 Å². The van der Waals surface area contributed by atoms with Gasteiger partial charge in [0.25, 0.3) is 0 Å². The number of pyridine rings is 1. The third-order valence-corrected chi connectivity index (χ3v) is 7.82. The van der Waals surface area contributed by atoms with Crippen LogP contribution in [0, 0.1) is 0 Å². The number of hydrogen-bond donors (Lipinski definition) is 0. The molecule has 4 rings (SSSR count). The van der Waals surface area contributed by atoms with Crippen LogP contribution in [0.3, 0.4) is 0 Å². The van der Waals surface area contributed by atoms with Gasteiger partial charge in [-0.05, 0) is 22.0 Å². The predicted octanol–water partition coefficient (Wildman–Crippen LogP) is 4.06. The highest BCUT2D eigenvalue weighted by Crippen LogP contribution is 2.43. The molecule has 0 aromatic carbocycles. The van der Waals surface area contributed by atoms with E-state index in [0.29, 0.717) is 11.4 Å². The van der Waals surface area contributed by atoms with Crippen molar-refractivity contribution in [3.05, 3.63) is 39.5 Å². The van der Waals surface area contributed by atoms with Crippen LogP contribution in [0.1, 0.15) is 32.5 Å². The lowest BCUT2D eigenvalue weighted by molar-refractivity contribution is -0.212. The van der Waals surface area contributed by atoms with Crippen LogP contribution in [-0.4, -0.2) is 73.2 Å². The van der Waals surface area contributed by atoms with Gasteiger partial charge in [0.1, 0.15) is 35.6 Å². The van der Waals surface area contributed by atoms with Gasteiger partial charge in [-0.15, -0.1) is 16.4 Å². The Morgan fingerprint density at radius 1 is 1.10 bits per heavy atom. The molecule has 12 nitrogen and oxygen atoms in total. The Labute approximate surface area is 247 Å². The van der Waals surface area contributed by atoms with Gasteiger partial charge in [-0.3, -0.25) is 14.4 Å². The van der Waals surface area contributed by atoms with Crippen LogP contribution in [0.25, 0.3) is 11.4 Å². The van der Waals surface area contributed by atoms with Gasteiger partial charge in [0.05, 0.1) is 11.7 Å². The molecule has 2 unspecified atom stereocenters. The number of rotatable bonds is 8. The van der Waals surface area contributed by atoms with Crippen LogP contribution < -0.4 is 0 Å². The molecule has 0 spiro atoms. The van der Waals surface area contributed by atoms with Crippen molar-refractivity contribution in [1.29, 1.82) is 0 Å². The molecule has 41 heavy (non-hydrogen) atoms. The van der Waals surface area contributed by atoms with Crippen LogP contribution >= 0.6 is 39.0 Å². The zero-order valence-corrected chi connectivity index (χ0v) is 24.6. The Balaban J connectivity index is 1.78. The van der Waals surface area contributed by atoms with Gasteiger partial charge in [0, 0.05) is 41.7 Å². The molecule has 0 amide bonds. The first-order chi connectivity index (χ1) is 19.3. The normalized spacial score (nSPS) is 22.7. The van der Waals surface area contributed by atoms with E-state index in [1.54, 1.807) is 10.9 Å². The second-order valence-electron chi connectivity index (χ2n) is 8.56. The third-order valence-electron chi connectivity index (χ3n) is 5.52. The first kappa shape index (κ1) is 30.9. The average molecular weight is 680 g/mol. The summed E-state index contributed by atoms with van der Waals surface area (Å²) in [6, 6.07) is 0.124. The summed E-state index contributed by atoms with van der Waals surface area (Å²) in [5, 5.41) is 10.0. The van der Waals surface area contributed by atoms with E-state index in [4.69, 9.17) is 18.9 Å². The summed E-state index contributed by atoms with van der Waals surface area (Å²) in [4.78, 5) is 44.0. The lowest BCUT2D eigenvalue weighted by Gasteiger charge is -2.44. The maximum absolute atomic E-state index is 13.3. The van der Waals surface area contributed by atoms with E-state index >= 15 is 0 Å². The second kappa shape index (κ2) is 12.8. The largest absolute Gasteiger partial charge is 0.463 e. The van der Waals surface area contributed by atoms with Crippen molar-refractivity contribution in [3.63, 3.8) is 0 Å². The fourth-order valence-corrected chi connectivity index (χ4v) is 6.37. The van der Waals surface area contributed by atoms with Crippen molar-refractivity contribution < 1.29 is 46.5 Å². The van der Waals surface area contributed by atoms with Crippen molar-refractivity contribution >= 4 is 56.9 Å². The number of ether oxygens (including phenoxy) is 4. The number of aromatic nitrogens is 5. The number of alkyl halides is 3. The molecule has 1 aliphatic heterocycles. The minimum Gasteiger partial charge on any atom is -0.463 e. The maximum Gasteiger partial charge on any atom is 0.434 e. The molecule has 0 radical (unpaired) electrons. The number of halogens is 4. The molecule has 4 heterocycles. The SMILES string of the molecule is CC(=O)OCC1O[C@H](Sc2cnc(C(F)(F)F)c(Br)c2)C(OC(C)=O)[C@@H](n2cc(-c3cscn3)nn2)[C@H]1OC(C)=O. The smallest absolute Gasteiger partial charge is 0.434 e. The Bertz CT molecular complexity index is 1410. The molecule has 1 saturated heterocycles. The van der Waals surface area contributed by atoms with Crippen molar-refractivity contribution in [1.82, 2.24) is 25.0 Å². The summed E-state index contributed by atoms with van der Waals surface area (Å²) < 4.78 is 63.3. The molecule has 0 N–H and O–H groups in total. The maximum atomic E-state index is 13.3. The first-order valence-electron chi connectivity index (χ1n) is 11.7. The number of esters is 3. The summed E-state index contributed by atoms with van der Waals surface area (Å²) >= 11 is 5.13. The van der Waals surface area contributed by atoms with E-state index in [9.17, 15) is 27.6 Å². The van der Waals surface area contributed by atoms with Crippen LogP contribution in [0.4, 0.5) is 13.2 Å². The quantitative estimate of drug-likeness (QED) is 0.250. The summed E-state index contributed by atoms with van der Waals surface area (Å²) in [7, 11) is 0. The van der Waals surface area contributed by atoms with Gasteiger partial charge >= 0.3 is 24.1 Å². The molecule has 1 fully saturated rings. The minimum atomic E-state index is -4.69. The molecule has 5 atom stereocenters. The molecule has 0 saturated carbocycles. The minimum absolute atomic E-state index is 0.227. The summed E-state index contributed by atoms with van der Waals surface area (Å²) in [5.74, 6) is -2.07. The van der Waals surface area contributed by atoms with Gasteiger partial charge in [-0.2, -0.15) is 13.2 Å². The van der Waals surface area contributed by atoms with E-state index < -0.39 is 59.6 Å². The highest BCUT2D eigenvalue weighted by molar-refractivity contribution is 9.10. The van der Waals surface area contributed by atoms with Crippen molar-refractivity contribution in [3.8, 4) is 11.4 Å². The molecule has 0 aliphatic carbocycles. The average Bonchev–Trinajstić information content (AvgIpc) is 3.55. The van der Waals surface area contributed by atoms with Gasteiger partial charge in [-0.25, -0.2) is 14.6 Å². The molecule has 1 aliphatic rings. The number of nitrogens with zero attached hydrogens (tertiary/aromatic N) is 5. The molecule has 3 aromatic heterocycles. The molecular formula is C23H21BrF3N5O7S2. The van der Waals surface area contributed by atoms with Crippen LogP contribution in [0.5, 0.6) is 0 Å². The predicted molar refractivity (Wildman–Crippen MR) is 139 cm³/mol. The second-order valence-corrected chi connectivity index (χ2v) is 11.3.